The molecule has 0 amide bonds. The number of thiophene rings is 1. The number of benzene rings is 1. The topological polar surface area (TPSA) is 63.4 Å². The summed E-state index contributed by atoms with van der Waals surface area (Å²) in [5.74, 6) is 0. The molecule has 2 aromatic rings. The fourth-order valence-corrected chi connectivity index (χ4v) is 4.15. The molecule has 0 aliphatic carbocycles. The van der Waals surface area contributed by atoms with Gasteiger partial charge in [-0.05, 0) is 36.6 Å². The molecule has 1 heterocycles. The van der Waals surface area contributed by atoms with Gasteiger partial charge in [0.2, 0.25) is 10.0 Å². The van der Waals surface area contributed by atoms with Crippen LogP contribution < -0.4 is 5.73 Å². The van der Waals surface area contributed by atoms with Gasteiger partial charge in [0.25, 0.3) is 0 Å². The Morgan fingerprint density at radius 1 is 1.35 bits per heavy atom. The van der Waals surface area contributed by atoms with Crippen LogP contribution in [0.5, 0.6) is 0 Å². The molecule has 2 N–H and O–H groups in total. The Morgan fingerprint density at radius 2 is 2.05 bits per heavy atom. The monoisotopic (exact) mass is 330 g/mol. The van der Waals surface area contributed by atoms with Gasteiger partial charge in [0, 0.05) is 11.9 Å². The van der Waals surface area contributed by atoms with Crippen molar-refractivity contribution in [3.8, 4) is 0 Å². The van der Waals surface area contributed by atoms with Gasteiger partial charge in [0.15, 0.2) is 0 Å². The molecule has 1 unspecified atom stereocenters. The van der Waals surface area contributed by atoms with E-state index >= 15 is 0 Å². The second-order valence-electron chi connectivity index (χ2n) is 4.40. The molecule has 0 saturated carbocycles. The zero-order valence-electron chi connectivity index (χ0n) is 11.1. The molecule has 20 heavy (non-hydrogen) atoms. The van der Waals surface area contributed by atoms with E-state index in [4.69, 9.17) is 17.3 Å². The first-order valence-corrected chi connectivity index (χ1v) is 8.60. The highest BCUT2D eigenvalue weighted by Crippen LogP contribution is 2.30. The highest BCUT2D eigenvalue weighted by Gasteiger charge is 2.27. The van der Waals surface area contributed by atoms with Crippen LogP contribution in [0.1, 0.15) is 17.8 Å². The van der Waals surface area contributed by atoms with Crippen LogP contribution in [-0.2, 0) is 10.0 Å². The average Bonchev–Trinajstić information content (AvgIpc) is 2.94. The van der Waals surface area contributed by atoms with Crippen molar-refractivity contribution in [2.75, 3.05) is 12.8 Å². The van der Waals surface area contributed by atoms with E-state index in [1.165, 1.54) is 33.8 Å². The third-order valence-electron chi connectivity index (χ3n) is 3.14. The predicted molar refractivity (Wildman–Crippen MR) is 83.5 cm³/mol. The van der Waals surface area contributed by atoms with Crippen LogP contribution in [0.4, 0.5) is 5.69 Å². The molecule has 0 bridgehead atoms. The lowest BCUT2D eigenvalue weighted by molar-refractivity contribution is 0.403. The first-order valence-electron chi connectivity index (χ1n) is 5.90. The van der Waals surface area contributed by atoms with Crippen LogP contribution in [-0.4, -0.2) is 19.8 Å². The van der Waals surface area contributed by atoms with Gasteiger partial charge in [-0.15, -0.1) is 11.3 Å². The Hall–Kier alpha value is -1.08. The van der Waals surface area contributed by atoms with E-state index in [0.29, 0.717) is 5.02 Å². The first kappa shape index (κ1) is 15.3. The Morgan fingerprint density at radius 3 is 2.60 bits per heavy atom. The van der Waals surface area contributed by atoms with Crippen molar-refractivity contribution < 1.29 is 8.42 Å². The summed E-state index contributed by atoms with van der Waals surface area (Å²) in [5, 5.41) is 2.27. The number of hydrogen-bond acceptors (Lipinski definition) is 4. The normalized spacial score (nSPS) is 13.6. The first-order chi connectivity index (χ1) is 9.34. The van der Waals surface area contributed by atoms with Crippen molar-refractivity contribution in [1.29, 1.82) is 0 Å². The number of halogens is 1. The molecule has 1 atom stereocenters. The maximum absolute atomic E-state index is 12.6. The lowest BCUT2D eigenvalue weighted by atomic mass is 10.3. The molecular weight excluding hydrogens is 316 g/mol. The summed E-state index contributed by atoms with van der Waals surface area (Å²) < 4.78 is 26.5. The van der Waals surface area contributed by atoms with E-state index in [9.17, 15) is 8.42 Å². The minimum atomic E-state index is -3.60. The summed E-state index contributed by atoms with van der Waals surface area (Å²) in [6, 6.07) is 7.92. The van der Waals surface area contributed by atoms with Crippen LogP contribution in [0.2, 0.25) is 5.02 Å². The maximum Gasteiger partial charge on any atom is 0.243 e. The standard InChI is InChI=1S/C13H15ClN2O2S2/c1-9(13-4-3-7-19-13)16(2)20(17,18)10-5-6-11(14)12(15)8-10/h3-9H,15H2,1-2H3. The Kier molecular flexibility index (Phi) is 4.39. The number of nitrogens with zero attached hydrogens (tertiary/aromatic N) is 1. The molecule has 108 valence electrons. The predicted octanol–water partition coefficient (Wildman–Crippen LogP) is 3.37. The van der Waals surface area contributed by atoms with Crippen LogP contribution in [0.25, 0.3) is 0 Å². The van der Waals surface area contributed by atoms with E-state index in [1.807, 2.05) is 24.4 Å². The average molecular weight is 331 g/mol. The summed E-state index contributed by atoms with van der Waals surface area (Å²) in [7, 11) is -2.04. The fraction of sp³-hybridized carbons (Fsp3) is 0.231. The van der Waals surface area contributed by atoms with Crippen molar-refractivity contribution in [1.82, 2.24) is 4.31 Å². The van der Waals surface area contributed by atoms with Gasteiger partial charge in [0.1, 0.15) is 0 Å². The summed E-state index contributed by atoms with van der Waals surface area (Å²) in [6.45, 7) is 1.85. The van der Waals surface area contributed by atoms with E-state index in [2.05, 4.69) is 0 Å². The van der Waals surface area contributed by atoms with Crippen LogP contribution >= 0.6 is 22.9 Å². The minimum Gasteiger partial charge on any atom is -0.397 e. The number of nitrogens with two attached hydrogens (primary N) is 1. The van der Waals surface area contributed by atoms with Gasteiger partial charge in [-0.2, -0.15) is 4.31 Å². The third kappa shape index (κ3) is 2.83. The Labute approximate surface area is 127 Å². The zero-order valence-corrected chi connectivity index (χ0v) is 13.5. The van der Waals surface area contributed by atoms with Crippen molar-refractivity contribution in [3.63, 3.8) is 0 Å². The summed E-state index contributed by atoms with van der Waals surface area (Å²) >= 11 is 7.35. The fourth-order valence-electron chi connectivity index (χ4n) is 1.76. The van der Waals surface area contributed by atoms with Gasteiger partial charge >= 0.3 is 0 Å². The molecule has 1 aromatic heterocycles. The molecule has 0 aliphatic rings. The number of anilines is 1. The van der Waals surface area contributed by atoms with Crippen LogP contribution in [0, 0.1) is 0 Å². The van der Waals surface area contributed by atoms with Gasteiger partial charge in [-0.25, -0.2) is 8.42 Å². The van der Waals surface area contributed by atoms with Crippen molar-refractivity contribution in [2.45, 2.75) is 17.9 Å². The number of hydrogen-bond donors (Lipinski definition) is 1. The molecule has 2 rings (SSSR count). The molecule has 0 saturated heterocycles. The second-order valence-corrected chi connectivity index (χ2v) is 7.78. The second kappa shape index (κ2) is 5.73. The highest BCUT2D eigenvalue weighted by atomic mass is 35.5. The maximum atomic E-state index is 12.6. The molecule has 0 radical (unpaired) electrons. The van der Waals surface area contributed by atoms with Crippen LogP contribution in [0.15, 0.2) is 40.6 Å². The SMILES string of the molecule is CC(c1cccs1)N(C)S(=O)(=O)c1ccc(Cl)c(N)c1. The molecule has 0 aliphatic heterocycles. The number of rotatable bonds is 4. The lowest BCUT2D eigenvalue weighted by Gasteiger charge is -2.23. The lowest BCUT2D eigenvalue weighted by Crippen LogP contribution is -2.29. The molecule has 4 nitrogen and oxygen atoms in total. The molecule has 0 fully saturated rings. The zero-order chi connectivity index (χ0) is 14.9. The summed E-state index contributed by atoms with van der Waals surface area (Å²) in [6.07, 6.45) is 0. The number of nitrogen functional groups attached to an aromatic ring is 1. The van der Waals surface area contributed by atoms with E-state index in [1.54, 1.807) is 7.05 Å². The largest absolute Gasteiger partial charge is 0.397 e. The van der Waals surface area contributed by atoms with E-state index in [0.717, 1.165) is 4.88 Å². The third-order valence-corrected chi connectivity index (χ3v) is 6.46. The Bertz CT molecular complexity index is 699. The van der Waals surface area contributed by atoms with Crippen LogP contribution in [0.3, 0.4) is 0 Å². The summed E-state index contributed by atoms with van der Waals surface area (Å²) in [5.41, 5.74) is 5.93. The van der Waals surface area contributed by atoms with Crippen molar-refractivity contribution in [3.05, 3.63) is 45.6 Å². The van der Waals surface area contributed by atoms with Gasteiger partial charge in [0.05, 0.1) is 21.6 Å². The Balaban J connectivity index is 2.36. The minimum absolute atomic E-state index is 0.144. The van der Waals surface area contributed by atoms with Gasteiger partial charge in [-0.1, -0.05) is 17.7 Å². The number of sulfonamides is 1. The molecule has 0 spiro atoms. The smallest absolute Gasteiger partial charge is 0.243 e. The van der Waals surface area contributed by atoms with Crippen molar-refractivity contribution >= 4 is 38.6 Å². The highest BCUT2D eigenvalue weighted by molar-refractivity contribution is 7.89. The van der Waals surface area contributed by atoms with Gasteiger partial charge < -0.3 is 5.73 Å². The van der Waals surface area contributed by atoms with Gasteiger partial charge in [-0.3, -0.25) is 0 Å². The molecule has 7 heteroatoms. The quantitative estimate of drug-likeness (QED) is 0.874. The van der Waals surface area contributed by atoms with E-state index < -0.39 is 10.0 Å². The van der Waals surface area contributed by atoms with E-state index in [-0.39, 0.29) is 16.6 Å². The molecular formula is C13H15ClN2O2S2. The van der Waals surface area contributed by atoms with Crippen molar-refractivity contribution in [2.24, 2.45) is 0 Å². The molecule has 1 aromatic carbocycles. The summed E-state index contributed by atoms with van der Waals surface area (Å²) in [4.78, 5) is 1.13.